The fourth-order valence-corrected chi connectivity index (χ4v) is 5.46. The zero-order chi connectivity index (χ0) is 23.6. The van der Waals surface area contributed by atoms with Crippen LogP contribution < -0.4 is 0 Å². The van der Waals surface area contributed by atoms with E-state index < -0.39 is 51.5 Å². The van der Waals surface area contributed by atoms with Crippen molar-refractivity contribution in [1.29, 1.82) is 0 Å². The second-order valence-electron chi connectivity index (χ2n) is 7.62. The fraction of sp³-hybridized carbons (Fsp3) is 0.684. The van der Waals surface area contributed by atoms with Gasteiger partial charge in [0, 0.05) is 24.0 Å². The van der Waals surface area contributed by atoms with E-state index in [0.29, 0.717) is 0 Å². The van der Waals surface area contributed by atoms with Gasteiger partial charge in [-0.05, 0) is 31.5 Å². The number of rotatable bonds is 8. The highest BCUT2D eigenvalue weighted by Gasteiger charge is 2.63. The first-order valence-corrected chi connectivity index (χ1v) is 12.5. The highest BCUT2D eigenvalue weighted by atomic mass is 32.2. The van der Waals surface area contributed by atoms with Crippen LogP contribution in [0.2, 0.25) is 0 Å². The second kappa shape index (κ2) is 9.84. The Kier molecular flexibility index (Phi) is 7.75. The smallest absolute Gasteiger partial charge is 0.264 e. The molecule has 0 spiro atoms. The lowest BCUT2D eigenvalue weighted by Crippen LogP contribution is -2.72. The molecule has 2 unspecified atom stereocenters. The molecule has 0 N–H and O–H groups in total. The van der Waals surface area contributed by atoms with Gasteiger partial charge < -0.3 is 23.7 Å². The highest BCUT2D eigenvalue weighted by molar-refractivity contribution is 7.99. The first kappa shape index (κ1) is 25.2. The second-order valence-corrected chi connectivity index (χ2v) is 10.4. The molecule has 0 radical (unpaired) electrons. The third kappa shape index (κ3) is 5.22. The van der Waals surface area contributed by atoms with Crippen LogP contribution in [0.3, 0.4) is 0 Å². The van der Waals surface area contributed by atoms with Gasteiger partial charge in [-0.3, -0.25) is 4.18 Å². The van der Waals surface area contributed by atoms with Crippen LogP contribution in [-0.4, -0.2) is 76.9 Å². The number of benzene rings is 1. The van der Waals surface area contributed by atoms with Gasteiger partial charge in [-0.25, -0.2) is 0 Å². The lowest BCUT2D eigenvalue weighted by Gasteiger charge is -2.57. The molecule has 0 aromatic heterocycles. The van der Waals surface area contributed by atoms with Gasteiger partial charge in [0.2, 0.25) is 11.6 Å². The van der Waals surface area contributed by atoms with Crippen LogP contribution in [0.4, 0.5) is 0 Å². The Morgan fingerprint density at radius 1 is 1.12 bits per heavy atom. The van der Waals surface area contributed by atoms with Gasteiger partial charge in [0.15, 0.2) is 0 Å². The van der Waals surface area contributed by atoms with Crippen LogP contribution in [0, 0.1) is 0 Å². The Balaban J connectivity index is 2.04. The number of ether oxygens (including phenoxy) is 5. The van der Waals surface area contributed by atoms with E-state index in [1.54, 1.807) is 13.8 Å². The van der Waals surface area contributed by atoms with E-state index >= 15 is 0 Å². The zero-order valence-electron chi connectivity index (χ0n) is 18.4. The maximum Gasteiger partial charge on any atom is 0.264 e. The fourth-order valence-electron chi connectivity index (χ4n) is 3.65. The number of methoxy groups -OCH3 is 2. The van der Waals surface area contributed by atoms with Crippen molar-refractivity contribution in [3.05, 3.63) is 40.8 Å². The number of hydrogen-bond donors (Lipinski definition) is 0. The predicted molar refractivity (Wildman–Crippen MR) is 115 cm³/mol. The summed E-state index contributed by atoms with van der Waals surface area (Å²) in [6.07, 6.45) is -2.69. The largest absolute Gasteiger partial charge is 0.358 e. The molecular formula is C19H27N3O8S2. The van der Waals surface area contributed by atoms with Crippen molar-refractivity contribution in [3.8, 4) is 0 Å². The van der Waals surface area contributed by atoms with Crippen molar-refractivity contribution in [2.45, 2.75) is 60.2 Å². The minimum atomic E-state index is -3.90. The van der Waals surface area contributed by atoms with E-state index in [-0.39, 0.29) is 6.54 Å². The van der Waals surface area contributed by atoms with Crippen molar-refractivity contribution in [2.75, 3.05) is 27.0 Å². The van der Waals surface area contributed by atoms with Gasteiger partial charge in [0.05, 0.1) is 18.9 Å². The first-order chi connectivity index (χ1) is 15.1. The summed E-state index contributed by atoms with van der Waals surface area (Å²) in [5.41, 5.74) is 8.03. The molecule has 0 saturated carbocycles. The van der Waals surface area contributed by atoms with E-state index in [0.717, 1.165) is 11.2 Å². The van der Waals surface area contributed by atoms with Crippen molar-refractivity contribution >= 4 is 21.9 Å². The number of hydrogen-bond acceptors (Lipinski definition) is 10. The van der Waals surface area contributed by atoms with Crippen molar-refractivity contribution in [2.24, 2.45) is 5.11 Å². The summed E-state index contributed by atoms with van der Waals surface area (Å²) in [7, 11) is -1.03. The standard InChI is InChI=1S/C19H27N3O8S2/c1-18(25-3)19(2,26-4)29-15-14(28-18)13(11-21-22-20)27-17(16(15)30-32(5,23)24)31-12-9-7-6-8-10-12/h6-10,13-17H,11H2,1-5H3/t13-,14-,15+,16+,17-,18?,19?/m1/s1. The summed E-state index contributed by atoms with van der Waals surface area (Å²) in [4.78, 5) is 3.64. The molecule has 0 aliphatic carbocycles. The summed E-state index contributed by atoms with van der Waals surface area (Å²) in [6, 6.07) is 9.29. The van der Waals surface area contributed by atoms with Crippen molar-refractivity contribution in [3.63, 3.8) is 0 Å². The van der Waals surface area contributed by atoms with Gasteiger partial charge in [0.25, 0.3) is 10.1 Å². The maximum absolute atomic E-state index is 12.1. The Labute approximate surface area is 191 Å². The van der Waals surface area contributed by atoms with E-state index in [1.165, 1.54) is 26.0 Å². The molecule has 3 rings (SSSR count). The third-order valence-electron chi connectivity index (χ3n) is 5.52. The van der Waals surface area contributed by atoms with Crippen molar-refractivity contribution < 1.29 is 36.3 Å². The third-order valence-corrected chi connectivity index (χ3v) is 7.25. The normalized spacial score (nSPS) is 37.3. The molecule has 2 aliphatic rings. The SMILES string of the molecule is COC1(C)O[C@@H]2[C@H](OS(C)(=O)=O)[C@@H](Sc3ccccc3)O[C@H](CN=[N+]=[N-])[C@H]2OC1(C)OC. The monoisotopic (exact) mass is 489 g/mol. The van der Waals surface area contributed by atoms with Crippen molar-refractivity contribution in [1.82, 2.24) is 0 Å². The molecule has 1 aromatic carbocycles. The first-order valence-electron chi connectivity index (χ1n) is 9.78. The minimum absolute atomic E-state index is 0.0675. The van der Waals surface area contributed by atoms with Gasteiger partial charge in [0.1, 0.15) is 23.7 Å². The molecule has 13 heteroatoms. The summed E-state index contributed by atoms with van der Waals surface area (Å²) in [5, 5.41) is 3.64. The van der Waals surface area contributed by atoms with E-state index in [9.17, 15) is 8.42 Å². The maximum atomic E-state index is 12.1. The summed E-state index contributed by atoms with van der Waals surface area (Å²) < 4.78 is 59.5. The Hall–Kier alpha value is -1.41. The van der Waals surface area contributed by atoms with Gasteiger partial charge in [-0.15, -0.1) is 0 Å². The Morgan fingerprint density at radius 3 is 2.25 bits per heavy atom. The van der Waals surface area contributed by atoms with Crippen LogP contribution in [0.25, 0.3) is 10.4 Å². The van der Waals surface area contributed by atoms with E-state index in [2.05, 4.69) is 10.0 Å². The molecule has 11 nitrogen and oxygen atoms in total. The van der Waals surface area contributed by atoms with Crippen LogP contribution in [0.5, 0.6) is 0 Å². The van der Waals surface area contributed by atoms with E-state index in [1.807, 2.05) is 30.3 Å². The number of fused-ring (bicyclic) bond motifs is 1. The molecule has 178 valence electrons. The van der Waals surface area contributed by atoms with Gasteiger partial charge in [-0.1, -0.05) is 35.1 Å². The Bertz CT molecular complexity index is 945. The molecule has 7 atom stereocenters. The summed E-state index contributed by atoms with van der Waals surface area (Å²) in [5.74, 6) is -2.76. The highest BCUT2D eigenvalue weighted by Crippen LogP contribution is 2.46. The quantitative estimate of drug-likeness (QED) is 0.233. The zero-order valence-corrected chi connectivity index (χ0v) is 20.0. The number of thioether (sulfide) groups is 1. The summed E-state index contributed by atoms with van der Waals surface area (Å²) >= 11 is 1.27. The topological polar surface area (TPSA) is 138 Å². The Morgan fingerprint density at radius 2 is 1.72 bits per heavy atom. The molecule has 2 heterocycles. The predicted octanol–water partition coefficient (Wildman–Crippen LogP) is 2.67. The minimum Gasteiger partial charge on any atom is -0.358 e. The van der Waals surface area contributed by atoms with E-state index in [4.69, 9.17) is 33.4 Å². The molecule has 2 aliphatic heterocycles. The molecular weight excluding hydrogens is 462 g/mol. The molecule has 32 heavy (non-hydrogen) atoms. The summed E-state index contributed by atoms with van der Waals surface area (Å²) in [6.45, 7) is 3.19. The van der Waals surface area contributed by atoms with Gasteiger partial charge in [-0.2, -0.15) is 8.42 Å². The molecule has 1 aromatic rings. The number of azide groups is 1. The van der Waals surface area contributed by atoms with Crippen LogP contribution in [-0.2, 0) is 38.0 Å². The van der Waals surface area contributed by atoms with Crippen LogP contribution >= 0.6 is 11.8 Å². The molecule has 0 bridgehead atoms. The van der Waals surface area contributed by atoms with Crippen LogP contribution in [0.15, 0.2) is 40.3 Å². The molecule has 2 fully saturated rings. The number of nitrogens with zero attached hydrogens (tertiary/aromatic N) is 3. The molecule has 2 saturated heterocycles. The van der Waals surface area contributed by atoms with Gasteiger partial charge >= 0.3 is 0 Å². The van der Waals surface area contributed by atoms with Crippen LogP contribution in [0.1, 0.15) is 13.8 Å². The average molecular weight is 490 g/mol. The average Bonchev–Trinajstić information content (AvgIpc) is 2.75. The lowest BCUT2D eigenvalue weighted by atomic mass is 9.94. The lowest BCUT2D eigenvalue weighted by molar-refractivity contribution is -0.467. The molecule has 0 amide bonds.